The van der Waals surface area contributed by atoms with Crippen molar-refractivity contribution in [1.29, 1.82) is 0 Å². The Balaban J connectivity index is 1.96. The van der Waals surface area contributed by atoms with E-state index in [1.807, 2.05) is 6.92 Å². The van der Waals surface area contributed by atoms with Crippen molar-refractivity contribution in [3.05, 3.63) is 29.8 Å². The molecule has 69 heavy (non-hydrogen) atoms. The van der Waals surface area contributed by atoms with E-state index >= 15 is 0 Å². The van der Waals surface area contributed by atoms with Crippen LogP contribution in [0.4, 0.5) is 0 Å². The fraction of sp³-hybridized carbons (Fsp3) is 0.714. The van der Waals surface area contributed by atoms with Crippen LogP contribution in [0.2, 0.25) is 0 Å². The molecular weight excluding hydrogens is 901 g/mol. The third-order valence-electron chi connectivity index (χ3n) is 11.0. The van der Waals surface area contributed by atoms with Crippen molar-refractivity contribution in [3.8, 4) is 5.75 Å². The number of unbranched alkanes of at least 4 members (excludes halogenated alkanes) is 7. The van der Waals surface area contributed by atoms with Crippen LogP contribution in [-0.4, -0.2) is 154 Å². The van der Waals surface area contributed by atoms with Crippen LogP contribution in [0.5, 0.6) is 5.75 Å². The normalized spacial score (nSPS) is 12.4. The number of benzene rings is 1. The summed E-state index contributed by atoms with van der Waals surface area (Å²) in [6.07, 6.45) is 11.9. The van der Waals surface area contributed by atoms with Gasteiger partial charge in [0, 0.05) is 45.4 Å². The summed E-state index contributed by atoms with van der Waals surface area (Å²) in [5, 5.41) is 38.7. The summed E-state index contributed by atoms with van der Waals surface area (Å²) in [7, 11) is 1.71. The van der Waals surface area contributed by atoms with Gasteiger partial charge in [-0.15, -0.1) is 0 Å². The number of hydrogen-bond acceptors (Lipinski definition) is 14. The van der Waals surface area contributed by atoms with E-state index in [-0.39, 0.29) is 101 Å². The van der Waals surface area contributed by atoms with Crippen molar-refractivity contribution in [3.63, 3.8) is 0 Å². The number of likely N-dealkylation sites (N-methyl/N-ethyl adjacent to an activating group) is 1. The third kappa shape index (κ3) is 34.0. The van der Waals surface area contributed by atoms with Crippen LogP contribution in [0.3, 0.4) is 0 Å². The number of ether oxygens (including phenoxy) is 5. The summed E-state index contributed by atoms with van der Waals surface area (Å²) in [6.45, 7) is 3.80. The maximum Gasteiger partial charge on any atom is 0.335 e. The molecule has 0 saturated heterocycles. The van der Waals surface area contributed by atoms with E-state index in [1.54, 1.807) is 19.2 Å². The van der Waals surface area contributed by atoms with Crippen LogP contribution < -0.4 is 26.0 Å². The predicted octanol–water partition coefficient (Wildman–Crippen LogP) is 4.49. The monoisotopic (exact) mass is 981 g/mol. The molecule has 0 aliphatic carbocycles. The second-order valence-corrected chi connectivity index (χ2v) is 16.7. The Hall–Kier alpha value is -5.02. The van der Waals surface area contributed by atoms with Crippen molar-refractivity contribution in [2.45, 2.75) is 141 Å². The first-order chi connectivity index (χ1) is 33.3. The topological polar surface area (TPSA) is 292 Å². The minimum absolute atomic E-state index is 0.000833. The van der Waals surface area contributed by atoms with Gasteiger partial charge >= 0.3 is 17.9 Å². The molecule has 0 radical (unpaired) electrons. The standard InChI is InChI=1S/C49H80N4O16/c1-3-14-41(50-2)43(55)24-20-37(47(59)60)15-10-11-26-51-44(56)25-23-42(49(63)64)53-46(58)36-68-34-32-66-30-27-52-45(57)35-67-33-31-65-28-13-17-39(54)16-9-7-5-4-6-8-12-29-69-40-21-18-38(19-22-40)48(61)62/h18-19,21-22,37,41-42,50H,3-17,20,23-36H2,1-2H3,(H,51,56)(H,52,57)(H,53,58)(H,59,60)(H,61,62)(H,63,64)/t37?,41-,42?/m0/s1. The molecule has 0 heterocycles. The number of aromatic carboxylic acids is 1. The molecule has 1 rings (SSSR count). The highest BCUT2D eigenvalue weighted by molar-refractivity contribution is 5.88. The van der Waals surface area contributed by atoms with E-state index in [0.717, 1.165) is 51.4 Å². The predicted molar refractivity (Wildman–Crippen MR) is 255 cm³/mol. The van der Waals surface area contributed by atoms with Gasteiger partial charge in [-0.1, -0.05) is 51.9 Å². The first-order valence-electron chi connectivity index (χ1n) is 24.5. The molecule has 392 valence electrons. The fourth-order valence-corrected chi connectivity index (χ4v) is 7.01. The third-order valence-corrected chi connectivity index (χ3v) is 11.0. The van der Waals surface area contributed by atoms with Crippen molar-refractivity contribution in [2.75, 3.05) is 79.6 Å². The van der Waals surface area contributed by atoms with Crippen LogP contribution in [-0.2, 0) is 52.5 Å². The molecule has 0 aromatic heterocycles. The van der Waals surface area contributed by atoms with Gasteiger partial charge in [0.15, 0.2) is 0 Å². The zero-order valence-electron chi connectivity index (χ0n) is 40.9. The van der Waals surface area contributed by atoms with Gasteiger partial charge in [-0.2, -0.15) is 0 Å². The first-order valence-corrected chi connectivity index (χ1v) is 24.5. The molecule has 0 fully saturated rings. The molecule has 0 aliphatic rings. The number of nitrogens with one attached hydrogen (secondary N) is 4. The number of carboxylic acids is 3. The number of carboxylic acid groups (broad SMARTS) is 3. The molecule has 1 aromatic rings. The van der Waals surface area contributed by atoms with Crippen LogP contribution in [0.1, 0.15) is 139 Å². The summed E-state index contributed by atoms with van der Waals surface area (Å²) >= 11 is 0. The van der Waals surface area contributed by atoms with Gasteiger partial charge in [-0.05, 0) is 82.7 Å². The molecule has 20 heteroatoms. The number of carbonyl (C=O) groups is 8. The maximum atomic E-state index is 12.4. The van der Waals surface area contributed by atoms with Crippen LogP contribution in [0, 0.1) is 5.92 Å². The van der Waals surface area contributed by atoms with Gasteiger partial charge in [0.25, 0.3) is 0 Å². The second kappa shape index (κ2) is 40.8. The Kier molecular flexibility index (Phi) is 36.7. The summed E-state index contributed by atoms with van der Waals surface area (Å²) in [6, 6.07) is 4.81. The van der Waals surface area contributed by atoms with Crippen molar-refractivity contribution in [2.24, 2.45) is 5.92 Å². The lowest BCUT2D eigenvalue weighted by Crippen LogP contribution is -2.43. The minimum atomic E-state index is -1.31. The van der Waals surface area contributed by atoms with E-state index in [4.69, 9.17) is 28.8 Å². The number of ketones is 2. The lowest BCUT2D eigenvalue weighted by atomic mass is 9.93. The Morgan fingerprint density at radius 3 is 1.77 bits per heavy atom. The molecule has 3 atom stereocenters. The van der Waals surface area contributed by atoms with Crippen molar-refractivity contribution >= 4 is 47.2 Å². The molecule has 3 amide bonds. The number of aliphatic carboxylic acids is 2. The Morgan fingerprint density at radius 1 is 0.522 bits per heavy atom. The lowest BCUT2D eigenvalue weighted by Gasteiger charge is -2.16. The number of amides is 3. The second-order valence-electron chi connectivity index (χ2n) is 16.7. The largest absolute Gasteiger partial charge is 0.494 e. The average molecular weight is 981 g/mol. The summed E-state index contributed by atoms with van der Waals surface area (Å²) < 4.78 is 27.1. The quantitative estimate of drug-likeness (QED) is 0.0443. The Labute approximate surface area is 407 Å². The Morgan fingerprint density at radius 2 is 1.13 bits per heavy atom. The average Bonchev–Trinajstić information content (AvgIpc) is 3.32. The highest BCUT2D eigenvalue weighted by atomic mass is 16.5. The Bertz CT molecular complexity index is 1630. The zero-order chi connectivity index (χ0) is 50.9. The van der Waals surface area contributed by atoms with Crippen molar-refractivity contribution in [1.82, 2.24) is 21.3 Å². The van der Waals surface area contributed by atoms with Gasteiger partial charge < -0.3 is 60.3 Å². The van der Waals surface area contributed by atoms with Gasteiger partial charge in [0.1, 0.15) is 36.6 Å². The molecule has 0 aliphatic heterocycles. The van der Waals surface area contributed by atoms with E-state index in [2.05, 4.69) is 21.3 Å². The summed E-state index contributed by atoms with van der Waals surface area (Å²) in [5.41, 5.74) is 0.235. The zero-order valence-corrected chi connectivity index (χ0v) is 40.9. The van der Waals surface area contributed by atoms with Crippen LogP contribution in [0.15, 0.2) is 24.3 Å². The maximum absolute atomic E-state index is 12.4. The van der Waals surface area contributed by atoms with Crippen LogP contribution in [0.25, 0.3) is 0 Å². The van der Waals surface area contributed by atoms with Gasteiger partial charge in [0.2, 0.25) is 17.7 Å². The smallest absolute Gasteiger partial charge is 0.335 e. The van der Waals surface area contributed by atoms with Gasteiger partial charge in [0.05, 0.1) is 57.2 Å². The highest BCUT2D eigenvalue weighted by Crippen LogP contribution is 2.18. The summed E-state index contributed by atoms with van der Waals surface area (Å²) in [5.74, 6) is -4.40. The van der Waals surface area contributed by atoms with E-state index < -0.39 is 48.3 Å². The molecule has 0 spiro atoms. The van der Waals surface area contributed by atoms with Gasteiger partial charge in [-0.3, -0.25) is 28.8 Å². The molecule has 20 nitrogen and oxygen atoms in total. The minimum Gasteiger partial charge on any atom is -0.494 e. The molecular formula is C49H80N4O16. The van der Waals surface area contributed by atoms with E-state index in [1.165, 1.54) is 12.1 Å². The van der Waals surface area contributed by atoms with Crippen LogP contribution >= 0.6 is 0 Å². The lowest BCUT2D eigenvalue weighted by molar-refractivity contribution is -0.143. The molecule has 1 aromatic carbocycles. The number of carbonyl (C=O) groups excluding carboxylic acids is 5. The van der Waals surface area contributed by atoms with Gasteiger partial charge in [-0.25, -0.2) is 9.59 Å². The van der Waals surface area contributed by atoms with E-state index in [9.17, 15) is 48.6 Å². The summed E-state index contributed by atoms with van der Waals surface area (Å²) in [4.78, 5) is 95.3. The van der Waals surface area contributed by atoms with Crippen molar-refractivity contribution < 1.29 is 77.4 Å². The van der Waals surface area contributed by atoms with E-state index in [0.29, 0.717) is 70.5 Å². The highest BCUT2D eigenvalue weighted by Gasteiger charge is 2.23. The molecule has 0 saturated carbocycles. The molecule has 2 unspecified atom stereocenters. The number of rotatable bonds is 47. The molecule has 0 bridgehead atoms. The number of hydrogen-bond donors (Lipinski definition) is 7. The fourth-order valence-electron chi connectivity index (χ4n) is 7.01. The SMILES string of the molecule is CCC[C@H](NC)C(=O)CCC(CCCCNC(=O)CCC(NC(=O)COCCOCCNC(=O)COCCOCCCC(=O)CCCCCCCCCOc1ccc(C(=O)O)cc1)C(=O)O)C(=O)O. The number of Topliss-reactive ketones (excluding diaryl/α,β-unsaturated/α-hetero) is 2. The first kappa shape index (κ1) is 62.0. The molecule has 7 N–H and O–H groups in total.